The topological polar surface area (TPSA) is 103 Å². The van der Waals surface area contributed by atoms with E-state index in [2.05, 4.69) is 15.5 Å². The van der Waals surface area contributed by atoms with Crippen molar-refractivity contribution >= 4 is 23.0 Å². The highest BCUT2D eigenvalue weighted by atomic mass is 35.5. The maximum absolute atomic E-state index is 11.1. The SMILES string of the molecule is CCOc1cc(NC(C)c2noc(-c3ccc(Cl)cc3)n2)ccc1[N+](=O)[O-]. The molecule has 0 bridgehead atoms. The molecule has 0 aliphatic carbocycles. The summed E-state index contributed by atoms with van der Waals surface area (Å²) in [5.41, 5.74) is 1.33. The summed E-state index contributed by atoms with van der Waals surface area (Å²) in [5, 5.41) is 18.9. The van der Waals surface area contributed by atoms with Crippen molar-refractivity contribution in [2.24, 2.45) is 0 Å². The maximum Gasteiger partial charge on any atom is 0.311 e. The van der Waals surface area contributed by atoms with Crippen LogP contribution in [0.3, 0.4) is 0 Å². The van der Waals surface area contributed by atoms with E-state index in [0.29, 0.717) is 29.0 Å². The number of halogens is 1. The molecule has 0 spiro atoms. The third-order valence-electron chi connectivity index (χ3n) is 3.76. The standard InChI is InChI=1S/C18H17ClN4O4/c1-3-26-16-10-14(8-9-15(16)23(24)25)20-11(2)17-21-18(27-22-17)12-4-6-13(19)7-5-12/h4-11,20H,3H2,1-2H3. The van der Waals surface area contributed by atoms with Crippen LogP contribution in [0.4, 0.5) is 11.4 Å². The van der Waals surface area contributed by atoms with Gasteiger partial charge in [-0.3, -0.25) is 10.1 Å². The maximum atomic E-state index is 11.1. The van der Waals surface area contributed by atoms with Gasteiger partial charge in [-0.05, 0) is 44.2 Å². The quantitative estimate of drug-likeness (QED) is 0.454. The smallest absolute Gasteiger partial charge is 0.311 e. The van der Waals surface area contributed by atoms with Gasteiger partial charge in [-0.25, -0.2) is 0 Å². The second kappa shape index (κ2) is 8.05. The number of ether oxygens (including phenoxy) is 1. The number of nitro benzene ring substituents is 1. The minimum Gasteiger partial charge on any atom is -0.487 e. The predicted molar refractivity (Wildman–Crippen MR) is 101 cm³/mol. The van der Waals surface area contributed by atoms with Gasteiger partial charge in [-0.2, -0.15) is 4.98 Å². The third-order valence-corrected chi connectivity index (χ3v) is 4.01. The van der Waals surface area contributed by atoms with Crippen LogP contribution in [0, 0.1) is 10.1 Å². The molecule has 8 nitrogen and oxygen atoms in total. The Balaban J connectivity index is 1.77. The summed E-state index contributed by atoms with van der Waals surface area (Å²) in [4.78, 5) is 15.0. The van der Waals surface area contributed by atoms with Gasteiger partial charge in [-0.1, -0.05) is 16.8 Å². The van der Waals surface area contributed by atoms with Gasteiger partial charge in [-0.15, -0.1) is 0 Å². The van der Waals surface area contributed by atoms with E-state index in [0.717, 1.165) is 5.56 Å². The molecule has 0 saturated carbocycles. The van der Waals surface area contributed by atoms with E-state index in [4.69, 9.17) is 20.9 Å². The summed E-state index contributed by atoms with van der Waals surface area (Å²) in [7, 11) is 0. The van der Waals surface area contributed by atoms with Gasteiger partial charge < -0.3 is 14.6 Å². The van der Waals surface area contributed by atoms with Crippen LogP contribution in [-0.4, -0.2) is 21.7 Å². The first-order valence-corrected chi connectivity index (χ1v) is 8.63. The Bertz CT molecular complexity index is 943. The van der Waals surface area contributed by atoms with Gasteiger partial charge >= 0.3 is 5.69 Å². The van der Waals surface area contributed by atoms with E-state index in [-0.39, 0.29) is 17.5 Å². The number of hydrogen-bond donors (Lipinski definition) is 1. The molecule has 2 aromatic carbocycles. The molecule has 140 valence electrons. The summed E-state index contributed by atoms with van der Waals surface area (Å²) >= 11 is 5.88. The number of nitrogens with one attached hydrogen (secondary N) is 1. The number of nitro groups is 1. The fraction of sp³-hybridized carbons (Fsp3) is 0.222. The number of nitrogens with zero attached hydrogens (tertiary/aromatic N) is 3. The fourth-order valence-electron chi connectivity index (χ4n) is 2.46. The Kier molecular flexibility index (Phi) is 5.56. The average Bonchev–Trinajstić information content (AvgIpc) is 3.13. The van der Waals surface area contributed by atoms with Gasteiger partial charge in [0.05, 0.1) is 17.6 Å². The van der Waals surface area contributed by atoms with Crippen molar-refractivity contribution in [3.8, 4) is 17.2 Å². The second-order valence-corrected chi connectivity index (χ2v) is 6.14. The highest BCUT2D eigenvalue weighted by Gasteiger charge is 2.18. The lowest BCUT2D eigenvalue weighted by Gasteiger charge is -2.13. The summed E-state index contributed by atoms with van der Waals surface area (Å²) in [6.07, 6.45) is 0. The van der Waals surface area contributed by atoms with Gasteiger partial charge in [0.15, 0.2) is 11.6 Å². The zero-order valence-corrected chi connectivity index (χ0v) is 15.4. The lowest BCUT2D eigenvalue weighted by atomic mass is 10.2. The van der Waals surface area contributed by atoms with E-state index in [1.165, 1.54) is 6.07 Å². The molecule has 0 fully saturated rings. The molecule has 1 heterocycles. The van der Waals surface area contributed by atoms with E-state index in [1.807, 2.05) is 6.92 Å². The molecule has 1 aromatic heterocycles. The molecule has 1 atom stereocenters. The molecule has 1 N–H and O–H groups in total. The van der Waals surface area contributed by atoms with Crippen molar-refractivity contribution < 1.29 is 14.2 Å². The van der Waals surface area contributed by atoms with E-state index in [9.17, 15) is 10.1 Å². The molecule has 0 radical (unpaired) electrons. The van der Waals surface area contributed by atoms with Crippen molar-refractivity contribution in [2.45, 2.75) is 19.9 Å². The fourth-order valence-corrected chi connectivity index (χ4v) is 2.59. The lowest BCUT2D eigenvalue weighted by molar-refractivity contribution is -0.385. The van der Waals surface area contributed by atoms with Crippen LogP contribution in [0.1, 0.15) is 25.7 Å². The van der Waals surface area contributed by atoms with Crippen LogP contribution in [-0.2, 0) is 0 Å². The molecule has 1 unspecified atom stereocenters. The average molecular weight is 389 g/mol. The Morgan fingerprint density at radius 3 is 2.70 bits per heavy atom. The molecule has 3 rings (SSSR count). The van der Waals surface area contributed by atoms with Crippen LogP contribution >= 0.6 is 11.6 Å². The molecule has 0 aliphatic heterocycles. The van der Waals surface area contributed by atoms with E-state index < -0.39 is 4.92 Å². The third kappa shape index (κ3) is 4.35. The zero-order chi connectivity index (χ0) is 19.4. The Labute approximate surface area is 160 Å². The Morgan fingerprint density at radius 2 is 2.04 bits per heavy atom. The normalized spacial score (nSPS) is 11.8. The zero-order valence-electron chi connectivity index (χ0n) is 14.7. The van der Waals surface area contributed by atoms with Crippen LogP contribution in [0.15, 0.2) is 47.0 Å². The monoisotopic (exact) mass is 388 g/mol. The summed E-state index contributed by atoms with van der Waals surface area (Å²) in [5.74, 6) is 1.04. The number of hydrogen-bond acceptors (Lipinski definition) is 7. The molecule has 0 aliphatic rings. The predicted octanol–water partition coefficient (Wildman–Crippen LogP) is 4.87. The van der Waals surface area contributed by atoms with Crippen molar-refractivity contribution in [3.05, 3.63) is 63.4 Å². The van der Waals surface area contributed by atoms with Crippen LogP contribution in [0.2, 0.25) is 5.02 Å². The van der Waals surface area contributed by atoms with Crippen LogP contribution < -0.4 is 10.1 Å². The van der Waals surface area contributed by atoms with Crippen molar-refractivity contribution in [1.82, 2.24) is 10.1 Å². The Morgan fingerprint density at radius 1 is 1.30 bits per heavy atom. The summed E-state index contributed by atoms with van der Waals surface area (Å²) in [6, 6.07) is 11.4. The number of rotatable bonds is 7. The largest absolute Gasteiger partial charge is 0.487 e. The minimum atomic E-state index is -0.476. The first kappa shape index (κ1) is 18.7. The van der Waals surface area contributed by atoms with Crippen LogP contribution in [0.25, 0.3) is 11.5 Å². The van der Waals surface area contributed by atoms with Gasteiger partial charge in [0.25, 0.3) is 5.89 Å². The molecule has 27 heavy (non-hydrogen) atoms. The highest BCUT2D eigenvalue weighted by molar-refractivity contribution is 6.30. The van der Waals surface area contributed by atoms with E-state index >= 15 is 0 Å². The van der Waals surface area contributed by atoms with Crippen molar-refractivity contribution in [3.63, 3.8) is 0 Å². The molecular weight excluding hydrogens is 372 g/mol. The van der Waals surface area contributed by atoms with Crippen LogP contribution in [0.5, 0.6) is 5.75 Å². The highest BCUT2D eigenvalue weighted by Crippen LogP contribution is 2.31. The molecule has 9 heteroatoms. The van der Waals surface area contributed by atoms with Gasteiger partial charge in [0, 0.05) is 28.4 Å². The van der Waals surface area contributed by atoms with E-state index in [1.54, 1.807) is 43.3 Å². The summed E-state index contributed by atoms with van der Waals surface area (Å²) in [6.45, 7) is 3.96. The summed E-state index contributed by atoms with van der Waals surface area (Å²) < 4.78 is 10.7. The van der Waals surface area contributed by atoms with Crippen molar-refractivity contribution in [1.29, 1.82) is 0 Å². The van der Waals surface area contributed by atoms with Gasteiger partial charge in [0.1, 0.15) is 0 Å². The number of benzene rings is 2. The molecular formula is C18H17ClN4O4. The first-order chi connectivity index (χ1) is 13.0. The number of anilines is 1. The molecule has 0 saturated heterocycles. The minimum absolute atomic E-state index is 0.0837. The Hall–Kier alpha value is -3.13. The first-order valence-electron chi connectivity index (χ1n) is 8.25. The molecule has 0 amide bonds. The number of aromatic nitrogens is 2. The lowest BCUT2D eigenvalue weighted by Crippen LogP contribution is -2.09. The second-order valence-electron chi connectivity index (χ2n) is 5.70. The van der Waals surface area contributed by atoms with Gasteiger partial charge in [0.2, 0.25) is 0 Å². The van der Waals surface area contributed by atoms with Crippen molar-refractivity contribution in [2.75, 3.05) is 11.9 Å². The molecule has 3 aromatic rings.